The molecule has 1 saturated heterocycles. The molecule has 1 aliphatic heterocycles. The molecule has 30 heavy (non-hydrogen) atoms. The van der Waals surface area contributed by atoms with Crippen LogP contribution in [-0.4, -0.2) is 61.4 Å². The van der Waals surface area contributed by atoms with E-state index < -0.39 is 10.0 Å². The molecule has 1 fully saturated rings. The van der Waals surface area contributed by atoms with Crippen LogP contribution in [0.5, 0.6) is 0 Å². The number of sulfonamides is 1. The van der Waals surface area contributed by atoms with Gasteiger partial charge in [0.15, 0.2) is 5.13 Å². The number of thiazole rings is 1. The van der Waals surface area contributed by atoms with Gasteiger partial charge in [-0.3, -0.25) is 4.79 Å². The number of hydrogen-bond donors (Lipinski definition) is 1. The highest BCUT2D eigenvalue weighted by Crippen LogP contribution is 2.28. The van der Waals surface area contributed by atoms with Crippen LogP contribution < -0.4 is 9.62 Å². The highest BCUT2D eigenvalue weighted by Gasteiger charge is 2.25. The summed E-state index contributed by atoms with van der Waals surface area (Å²) in [6, 6.07) is 9.79. The second-order valence-electron chi connectivity index (χ2n) is 7.41. The van der Waals surface area contributed by atoms with Crippen molar-refractivity contribution in [3.05, 3.63) is 48.2 Å². The molecule has 0 saturated carbocycles. The second-order valence-corrected chi connectivity index (χ2v) is 10.1. The summed E-state index contributed by atoms with van der Waals surface area (Å²) in [7, 11) is -3.65. The van der Waals surface area contributed by atoms with Gasteiger partial charge in [0.05, 0.1) is 4.90 Å². The Bertz CT molecular complexity index is 1130. The topological polar surface area (TPSA) is 95.5 Å². The molecule has 158 valence electrons. The number of pyridine rings is 1. The van der Waals surface area contributed by atoms with E-state index in [1.807, 2.05) is 12.1 Å². The number of hydrogen-bond acceptors (Lipinski definition) is 7. The van der Waals surface area contributed by atoms with Crippen LogP contribution in [0.4, 0.5) is 5.13 Å². The number of nitrogens with zero attached hydrogens (tertiary/aromatic N) is 4. The van der Waals surface area contributed by atoms with E-state index in [-0.39, 0.29) is 16.8 Å². The van der Waals surface area contributed by atoms with Crippen LogP contribution in [0.15, 0.2) is 47.5 Å². The standard InChI is InChI=1S/C20H23N5O3S2/c1-14(2)23-30(27,28)16-6-3-5-15(13-16)19(26)24-9-11-25(12-10-24)20-22-17-7-4-8-21-18(17)29-20/h3-8,13-14,23H,9-12H2,1-2H3. The minimum absolute atomic E-state index is 0.0997. The zero-order valence-electron chi connectivity index (χ0n) is 16.8. The Morgan fingerprint density at radius 3 is 2.60 bits per heavy atom. The number of piperazine rings is 1. The molecule has 1 amide bonds. The number of nitrogens with one attached hydrogen (secondary N) is 1. The van der Waals surface area contributed by atoms with Crippen LogP contribution in [0.25, 0.3) is 10.3 Å². The Kier molecular flexibility index (Phi) is 5.72. The SMILES string of the molecule is CC(C)NS(=O)(=O)c1cccc(C(=O)N2CCN(c3nc4cccnc4s3)CC2)c1. The average molecular weight is 446 g/mol. The molecule has 3 heterocycles. The average Bonchev–Trinajstić information content (AvgIpc) is 3.17. The zero-order chi connectivity index (χ0) is 21.3. The van der Waals surface area contributed by atoms with Crippen LogP contribution in [0.3, 0.4) is 0 Å². The van der Waals surface area contributed by atoms with E-state index in [0.717, 1.165) is 15.5 Å². The highest BCUT2D eigenvalue weighted by atomic mass is 32.2. The first-order valence-electron chi connectivity index (χ1n) is 9.72. The Balaban J connectivity index is 1.45. The minimum atomic E-state index is -3.65. The van der Waals surface area contributed by atoms with Gasteiger partial charge in [-0.1, -0.05) is 17.4 Å². The Morgan fingerprint density at radius 2 is 1.90 bits per heavy atom. The van der Waals surface area contributed by atoms with Crippen molar-refractivity contribution in [2.45, 2.75) is 24.8 Å². The van der Waals surface area contributed by atoms with Crippen molar-refractivity contribution < 1.29 is 13.2 Å². The molecule has 8 nitrogen and oxygen atoms in total. The van der Waals surface area contributed by atoms with E-state index in [9.17, 15) is 13.2 Å². The van der Waals surface area contributed by atoms with Gasteiger partial charge in [0.2, 0.25) is 10.0 Å². The van der Waals surface area contributed by atoms with Gasteiger partial charge in [-0.05, 0) is 44.2 Å². The van der Waals surface area contributed by atoms with Gasteiger partial charge in [-0.2, -0.15) is 0 Å². The van der Waals surface area contributed by atoms with E-state index in [0.29, 0.717) is 31.7 Å². The highest BCUT2D eigenvalue weighted by molar-refractivity contribution is 7.89. The molecule has 1 aliphatic rings. The molecule has 4 rings (SSSR count). The fourth-order valence-corrected chi connectivity index (χ4v) is 5.61. The Morgan fingerprint density at radius 1 is 1.13 bits per heavy atom. The Hall–Kier alpha value is -2.56. The number of anilines is 1. The lowest BCUT2D eigenvalue weighted by Crippen LogP contribution is -2.48. The summed E-state index contributed by atoms with van der Waals surface area (Å²) in [5.41, 5.74) is 1.25. The van der Waals surface area contributed by atoms with Gasteiger partial charge in [-0.15, -0.1) is 0 Å². The zero-order valence-corrected chi connectivity index (χ0v) is 18.4. The predicted molar refractivity (Wildman–Crippen MR) is 117 cm³/mol. The summed E-state index contributed by atoms with van der Waals surface area (Å²) in [4.78, 5) is 26.8. The van der Waals surface area contributed by atoms with Gasteiger partial charge in [-0.25, -0.2) is 23.1 Å². The first kappa shape index (κ1) is 20.7. The molecular weight excluding hydrogens is 422 g/mol. The molecule has 0 unspecified atom stereocenters. The molecule has 2 aromatic heterocycles. The van der Waals surface area contributed by atoms with E-state index in [2.05, 4.69) is 19.6 Å². The lowest BCUT2D eigenvalue weighted by Gasteiger charge is -2.34. The maximum absolute atomic E-state index is 13.0. The molecule has 0 atom stereocenters. The maximum Gasteiger partial charge on any atom is 0.254 e. The summed E-state index contributed by atoms with van der Waals surface area (Å²) in [5.74, 6) is -0.165. The number of amides is 1. The van der Waals surface area contributed by atoms with Crippen LogP contribution in [0, 0.1) is 0 Å². The molecule has 0 spiro atoms. The summed E-state index contributed by atoms with van der Waals surface area (Å²) in [6.07, 6.45) is 1.76. The van der Waals surface area contributed by atoms with Gasteiger partial charge in [0.1, 0.15) is 10.3 Å². The number of fused-ring (bicyclic) bond motifs is 1. The van der Waals surface area contributed by atoms with E-state index >= 15 is 0 Å². The fourth-order valence-electron chi connectivity index (χ4n) is 3.35. The van der Waals surface area contributed by atoms with Crippen LogP contribution in [0.1, 0.15) is 24.2 Å². The molecule has 0 aliphatic carbocycles. The molecule has 1 aromatic carbocycles. The van der Waals surface area contributed by atoms with Gasteiger partial charge >= 0.3 is 0 Å². The van der Waals surface area contributed by atoms with Crippen molar-refractivity contribution in [2.24, 2.45) is 0 Å². The number of carbonyl (C=O) groups is 1. The third-order valence-corrected chi connectivity index (χ3v) is 7.47. The summed E-state index contributed by atoms with van der Waals surface area (Å²) < 4.78 is 27.4. The minimum Gasteiger partial charge on any atom is -0.344 e. The van der Waals surface area contributed by atoms with Gasteiger partial charge in [0.25, 0.3) is 5.91 Å². The fraction of sp³-hybridized carbons (Fsp3) is 0.350. The maximum atomic E-state index is 13.0. The van der Waals surface area contributed by atoms with Crippen molar-refractivity contribution in [1.29, 1.82) is 0 Å². The normalized spacial score (nSPS) is 15.2. The molecule has 0 bridgehead atoms. The van der Waals surface area contributed by atoms with E-state index in [1.165, 1.54) is 12.1 Å². The lowest BCUT2D eigenvalue weighted by atomic mass is 10.2. The van der Waals surface area contributed by atoms with Crippen molar-refractivity contribution in [3.8, 4) is 0 Å². The smallest absolute Gasteiger partial charge is 0.254 e. The first-order chi connectivity index (χ1) is 14.3. The monoisotopic (exact) mass is 445 g/mol. The third-order valence-electron chi connectivity index (χ3n) is 4.77. The number of aromatic nitrogens is 2. The molecule has 0 radical (unpaired) electrons. The van der Waals surface area contributed by atoms with Crippen LogP contribution in [0.2, 0.25) is 0 Å². The summed E-state index contributed by atoms with van der Waals surface area (Å²) in [6.45, 7) is 5.94. The number of carbonyl (C=O) groups excluding carboxylic acids is 1. The molecular formula is C20H23N5O3S2. The predicted octanol–water partition coefficient (Wildman–Crippen LogP) is 2.34. The number of rotatable bonds is 5. The summed E-state index contributed by atoms with van der Waals surface area (Å²) >= 11 is 1.55. The van der Waals surface area contributed by atoms with Crippen LogP contribution >= 0.6 is 11.3 Å². The van der Waals surface area contributed by atoms with E-state index in [1.54, 1.807) is 48.4 Å². The van der Waals surface area contributed by atoms with Crippen molar-refractivity contribution in [1.82, 2.24) is 19.6 Å². The van der Waals surface area contributed by atoms with Gasteiger partial charge in [0, 0.05) is 44.0 Å². The second kappa shape index (κ2) is 8.29. The van der Waals surface area contributed by atoms with Crippen LogP contribution in [-0.2, 0) is 10.0 Å². The quantitative estimate of drug-likeness (QED) is 0.648. The Labute approximate surface area is 179 Å². The lowest BCUT2D eigenvalue weighted by molar-refractivity contribution is 0.0746. The van der Waals surface area contributed by atoms with Crippen molar-refractivity contribution in [2.75, 3.05) is 31.1 Å². The molecule has 1 N–H and O–H groups in total. The van der Waals surface area contributed by atoms with Crippen molar-refractivity contribution >= 4 is 42.7 Å². The third kappa shape index (κ3) is 4.30. The molecule has 3 aromatic rings. The summed E-state index contributed by atoms with van der Waals surface area (Å²) in [5, 5.41) is 0.906. The molecule has 10 heteroatoms. The largest absolute Gasteiger partial charge is 0.344 e. The first-order valence-corrected chi connectivity index (χ1v) is 12.0. The van der Waals surface area contributed by atoms with Gasteiger partial charge < -0.3 is 9.80 Å². The van der Waals surface area contributed by atoms with Crippen molar-refractivity contribution in [3.63, 3.8) is 0 Å². The van der Waals surface area contributed by atoms with E-state index in [4.69, 9.17) is 0 Å². The number of benzene rings is 1.